The summed E-state index contributed by atoms with van der Waals surface area (Å²) in [5.74, 6) is -3.39. The fourth-order valence-corrected chi connectivity index (χ4v) is 1.09. The molecule has 8 nitrogen and oxygen atoms in total. The largest absolute Gasteiger partial charge is 0.502 e. The maximum absolute atomic E-state index is 11.5. The number of rotatable bonds is 3. The second-order valence-corrected chi connectivity index (χ2v) is 3.56. The number of halogens is 1. The molecule has 19 heavy (non-hydrogen) atoms. The molecule has 1 aromatic heterocycles. The van der Waals surface area contributed by atoms with Gasteiger partial charge in [-0.2, -0.15) is 9.78 Å². The summed E-state index contributed by atoms with van der Waals surface area (Å²) in [7, 11) is 0. The normalized spacial score (nSPS) is 11.7. The topological polar surface area (TPSA) is 136 Å². The zero-order chi connectivity index (χ0) is 14.6. The third kappa shape index (κ3) is 3.42. The second kappa shape index (κ2) is 5.83. The Morgan fingerprint density at radius 2 is 2.05 bits per heavy atom. The van der Waals surface area contributed by atoms with Crippen LogP contribution in [0.2, 0.25) is 5.02 Å². The lowest BCUT2D eigenvalue weighted by Gasteiger charge is -2.00. The summed E-state index contributed by atoms with van der Waals surface area (Å²) in [4.78, 5) is 33.3. The molecule has 1 rings (SSSR count). The van der Waals surface area contributed by atoms with E-state index in [0.717, 1.165) is 24.4 Å². The van der Waals surface area contributed by atoms with Gasteiger partial charge in [0.05, 0.1) is 11.9 Å². The number of anilines is 1. The van der Waals surface area contributed by atoms with E-state index in [4.69, 9.17) is 27.5 Å². The van der Waals surface area contributed by atoms with Gasteiger partial charge in [0, 0.05) is 6.08 Å². The molecule has 1 heterocycles. The highest BCUT2D eigenvalue weighted by Gasteiger charge is 2.10. The van der Waals surface area contributed by atoms with Crippen LogP contribution in [0.4, 0.5) is 5.69 Å². The van der Waals surface area contributed by atoms with E-state index in [9.17, 15) is 14.4 Å². The minimum atomic E-state index is -1.55. The zero-order valence-electron chi connectivity index (χ0n) is 9.28. The molecule has 0 radical (unpaired) electrons. The first kappa shape index (κ1) is 14.5. The van der Waals surface area contributed by atoms with Crippen molar-refractivity contribution in [1.29, 1.82) is 0 Å². The molecule has 1 aromatic rings. The van der Waals surface area contributed by atoms with Crippen molar-refractivity contribution < 1.29 is 19.8 Å². The molecule has 0 aromatic carbocycles. The molecule has 0 aliphatic rings. The lowest BCUT2D eigenvalue weighted by atomic mass is 10.4. The molecule has 0 saturated carbocycles. The van der Waals surface area contributed by atoms with E-state index in [1.54, 1.807) is 0 Å². The van der Waals surface area contributed by atoms with Crippen LogP contribution >= 0.6 is 11.6 Å². The quantitative estimate of drug-likeness (QED) is 0.410. The molecule has 9 heteroatoms. The molecule has 0 amide bonds. The highest BCUT2D eigenvalue weighted by molar-refractivity contribution is 6.32. The Morgan fingerprint density at radius 3 is 2.63 bits per heavy atom. The number of carboxylic acids is 1. The summed E-state index contributed by atoms with van der Waals surface area (Å²) in [6.07, 6.45) is 3.58. The van der Waals surface area contributed by atoms with Gasteiger partial charge in [0.25, 0.3) is 11.5 Å². The van der Waals surface area contributed by atoms with Crippen molar-refractivity contribution in [2.24, 2.45) is 0 Å². The molecule has 0 saturated heterocycles. The van der Waals surface area contributed by atoms with E-state index in [0.29, 0.717) is 4.68 Å². The van der Waals surface area contributed by atoms with Gasteiger partial charge in [0.2, 0.25) is 5.76 Å². The first-order valence-electron chi connectivity index (χ1n) is 4.73. The lowest BCUT2D eigenvalue weighted by Crippen LogP contribution is -2.28. The fourth-order valence-electron chi connectivity index (χ4n) is 0.966. The summed E-state index contributed by atoms with van der Waals surface area (Å²) in [6.45, 7) is 0. The summed E-state index contributed by atoms with van der Waals surface area (Å²) in [6, 6.07) is 0. The summed E-state index contributed by atoms with van der Waals surface area (Å²) in [5.41, 5.74) is 4.35. The van der Waals surface area contributed by atoms with E-state index < -0.39 is 23.2 Å². The van der Waals surface area contributed by atoms with Crippen molar-refractivity contribution in [2.75, 3.05) is 5.73 Å². The third-order valence-electron chi connectivity index (χ3n) is 1.87. The Labute approximate surface area is 111 Å². The Bertz CT molecular complexity index is 647. The highest BCUT2D eigenvalue weighted by atomic mass is 35.5. The van der Waals surface area contributed by atoms with Gasteiger partial charge >= 0.3 is 5.97 Å². The predicted octanol–water partition coefficient (Wildman–Crippen LogP) is 0.202. The first-order chi connectivity index (χ1) is 8.84. The molecule has 0 aliphatic carbocycles. The first-order valence-corrected chi connectivity index (χ1v) is 5.10. The number of allylic oxidation sites excluding steroid dienone is 3. The fraction of sp³-hybridized carbons (Fsp3) is 0. The van der Waals surface area contributed by atoms with Gasteiger partial charge in [0.15, 0.2) is 0 Å². The number of nitrogens with two attached hydrogens (primary N) is 1. The second-order valence-electron chi connectivity index (χ2n) is 3.19. The SMILES string of the molecule is Nc1cnn(C(=O)/C=C\C=C(\O)C(=O)O)c(=O)c1Cl. The number of carboxylic acid groups (broad SMARTS) is 1. The minimum absolute atomic E-state index is 0.0666. The number of aliphatic hydroxyl groups is 1. The summed E-state index contributed by atoms with van der Waals surface area (Å²) < 4.78 is 0.445. The average molecular weight is 286 g/mol. The van der Waals surface area contributed by atoms with E-state index in [1.807, 2.05) is 0 Å². The molecular formula is C10H8ClN3O5. The predicted molar refractivity (Wildman–Crippen MR) is 66.0 cm³/mol. The molecule has 0 bridgehead atoms. The molecular weight excluding hydrogens is 278 g/mol. The molecule has 0 atom stereocenters. The Morgan fingerprint density at radius 1 is 1.42 bits per heavy atom. The van der Waals surface area contributed by atoms with Crippen LogP contribution in [-0.2, 0) is 4.79 Å². The molecule has 4 N–H and O–H groups in total. The van der Waals surface area contributed by atoms with Gasteiger partial charge in [-0.1, -0.05) is 17.7 Å². The van der Waals surface area contributed by atoms with Crippen LogP contribution in [0.15, 0.2) is 35.0 Å². The number of aliphatic carboxylic acids is 1. The average Bonchev–Trinajstić information content (AvgIpc) is 2.35. The number of nitrogen functional groups attached to an aromatic ring is 1. The smallest absolute Gasteiger partial charge is 0.370 e. The van der Waals surface area contributed by atoms with Gasteiger partial charge < -0.3 is 15.9 Å². The molecule has 0 fully saturated rings. The van der Waals surface area contributed by atoms with Crippen molar-refractivity contribution in [3.63, 3.8) is 0 Å². The highest BCUT2D eigenvalue weighted by Crippen LogP contribution is 2.09. The monoisotopic (exact) mass is 285 g/mol. The number of aromatic nitrogens is 2. The van der Waals surface area contributed by atoms with Gasteiger partial charge in [-0.3, -0.25) is 9.59 Å². The molecule has 0 spiro atoms. The summed E-state index contributed by atoms with van der Waals surface area (Å²) >= 11 is 5.55. The number of carbonyl (C=O) groups is 2. The minimum Gasteiger partial charge on any atom is -0.502 e. The van der Waals surface area contributed by atoms with Crippen LogP contribution in [0.25, 0.3) is 0 Å². The Kier molecular flexibility index (Phi) is 4.43. The number of hydrogen-bond acceptors (Lipinski definition) is 6. The zero-order valence-corrected chi connectivity index (χ0v) is 10.0. The standard InChI is InChI=1S/C10H8ClN3O5/c11-8-5(12)4-13-14(9(8)17)7(16)3-1-2-6(15)10(18)19/h1-4,15H,12H2,(H,18,19)/b3-1-,6-2+. The molecule has 0 unspecified atom stereocenters. The number of aliphatic hydroxyl groups excluding tert-OH is 1. The number of nitrogens with zero attached hydrogens (tertiary/aromatic N) is 2. The van der Waals surface area contributed by atoms with Crippen molar-refractivity contribution in [3.8, 4) is 0 Å². The van der Waals surface area contributed by atoms with Crippen molar-refractivity contribution in [3.05, 3.63) is 45.6 Å². The van der Waals surface area contributed by atoms with Crippen LogP contribution in [0, 0.1) is 0 Å². The van der Waals surface area contributed by atoms with Crippen LogP contribution in [-0.4, -0.2) is 31.9 Å². The van der Waals surface area contributed by atoms with Crippen LogP contribution < -0.4 is 11.3 Å². The van der Waals surface area contributed by atoms with E-state index >= 15 is 0 Å². The van der Waals surface area contributed by atoms with E-state index in [1.165, 1.54) is 0 Å². The number of hydrogen-bond donors (Lipinski definition) is 3. The van der Waals surface area contributed by atoms with Gasteiger partial charge in [-0.25, -0.2) is 4.79 Å². The third-order valence-corrected chi connectivity index (χ3v) is 2.25. The van der Waals surface area contributed by atoms with Crippen molar-refractivity contribution >= 4 is 29.2 Å². The molecule has 100 valence electrons. The van der Waals surface area contributed by atoms with E-state index in [-0.39, 0.29) is 10.7 Å². The van der Waals surface area contributed by atoms with Gasteiger partial charge in [0.1, 0.15) is 5.02 Å². The van der Waals surface area contributed by atoms with Crippen LogP contribution in [0.1, 0.15) is 4.79 Å². The maximum atomic E-state index is 11.5. The van der Waals surface area contributed by atoms with E-state index in [2.05, 4.69) is 5.10 Å². The maximum Gasteiger partial charge on any atom is 0.370 e. The van der Waals surface area contributed by atoms with Crippen molar-refractivity contribution in [2.45, 2.75) is 0 Å². The Hall–Kier alpha value is -2.61. The van der Waals surface area contributed by atoms with Crippen LogP contribution in [0.5, 0.6) is 0 Å². The van der Waals surface area contributed by atoms with Gasteiger partial charge in [-0.15, -0.1) is 0 Å². The Balaban J connectivity index is 3.01. The van der Waals surface area contributed by atoms with Crippen LogP contribution in [0.3, 0.4) is 0 Å². The molecule has 0 aliphatic heterocycles. The van der Waals surface area contributed by atoms with Gasteiger partial charge in [-0.05, 0) is 6.08 Å². The summed E-state index contributed by atoms with van der Waals surface area (Å²) in [5, 5.41) is 20.3. The number of carbonyl (C=O) groups excluding carboxylic acids is 1. The lowest BCUT2D eigenvalue weighted by molar-refractivity contribution is -0.135. The van der Waals surface area contributed by atoms with Crippen molar-refractivity contribution in [1.82, 2.24) is 9.78 Å².